The van der Waals surface area contributed by atoms with Crippen molar-refractivity contribution >= 4 is 11.9 Å². The first kappa shape index (κ1) is 15.2. The molecular formula is C13H19NO5. The maximum absolute atomic E-state index is 11.8. The van der Waals surface area contributed by atoms with E-state index in [0.29, 0.717) is 6.42 Å². The summed E-state index contributed by atoms with van der Waals surface area (Å²) in [5.41, 5.74) is -1.04. The van der Waals surface area contributed by atoms with Crippen LogP contribution in [0.3, 0.4) is 0 Å². The Bertz CT molecular complexity index is 454. The fourth-order valence-electron chi connectivity index (χ4n) is 1.59. The molecule has 1 rings (SSSR count). The van der Waals surface area contributed by atoms with Gasteiger partial charge in [0.2, 0.25) is 0 Å². The lowest BCUT2D eigenvalue weighted by atomic mass is 10.1. The predicted molar refractivity (Wildman–Crippen MR) is 68.1 cm³/mol. The standard InChI is InChI=1S/C13H19NO5/c1-4-8-6-10(19-9(8)5-2)11(15)14-7-13(3,18)12(16)17/h6,18H,4-5,7H2,1-3H3,(H,14,15)(H,16,17). The van der Waals surface area contributed by atoms with Gasteiger partial charge in [-0.3, -0.25) is 4.79 Å². The molecule has 0 aromatic carbocycles. The number of rotatable bonds is 6. The van der Waals surface area contributed by atoms with Gasteiger partial charge in [0.25, 0.3) is 5.91 Å². The summed E-state index contributed by atoms with van der Waals surface area (Å²) < 4.78 is 5.40. The molecule has 0 radical (unpaired) electrons. The molecule has 0 aliphatic heterocycles. The number of aryl methyl sites for hydroxylation is 2. The second-order valence-corrected chi connectivity index (χ2v) is 4.53. The smallest absolute Gasteiger partial charge is 0.337 e. The number of amides is 1. The minimum absolute atomic E-state index is 0.134. The maximum Gasteiger partial charge on any atom is 0.337 e. The summed E-state index contributed by atoms with van der Waals surface area (Å²) >= 11 is 0. The highest BCUT2D eigenvalue weighted by molar-refractivity contribution is 5.92. The first-order valence-corrected chi connectivity index (χ1v) is 6.17. The van der Waals surface area contributed by atoms with Crippen molar-refractivity contribution in [3.05, 3.63) is 23.2 Å². The zero-order chi connectivity index (χ0) is 14.6. The molecule has 19 heavy (non-hydrogen) atoms. The first-order valence-electron chi connectivity index (χ1n) is 6.17. The molecule has 6 heteroatoms. The summed E-state index contributed by atoms with van der Waals surface area (Å²) in [7, 11) is 0. The molecule has 3 N–H and O–H groups in total. The van der Waals surface area contributed by atoms with Gasteiger partial charge in [-0.1, -0.05) is 13.8 Å². The molecule has 1 atom stereocenters. The van der Waals surface area contributed by atoms with Gasteiger partial charge in [0, 0.05) is 6.42 Å². The van der Waals surface area contributed by atoms with Crippen molar-refractivity contribution in [2.75, 3.05) is 6.54 Å². The topological polar surface area (TPSA) is 99.8 Å². The van der Waals surface area contributed by atoms with Gasteiger partial charge in [-0.25, -0.2) is 4.79 Å². The quantitative estimate of drug-likeness (QED) is 0.714. The Labute approximate surface area is 111 Å². The van der Waals surface area contributed by atoms with Crippen LogP contribution in [0.15, 0.2) is 10.5 Å². The zero-order valence-corrected chi connectivity index (χ0v) is 11.3. The third-order valence-corrected chi connectivity index (χ3v) is 2.88. The van der Waals surface area contributed by atoms with E-state index in [1.54, 1.807) is 6.07 Å². The summed E-state index contributed by atoms with van der Waals surface area (Å²) in [5, 5.41) is 20.6. The fourth-order valence-corrected chi connectivity index (χ4v) is 1.59. The molecule has 1 amide bonds. The minimum Gasteiger partial charge on any atom is -0.479 e. The van der Waals surface area contributed by atoms with E-state index < -0.39 is 17.5 Å². The fraction of sp³-hybridized carbons (Fsp3) is 0.538. The monoisotopic (exact) mass is 269 g/mol. The van der Waals surface area contributed by atoms with Crippen molar-refractivity contribution in [3.63, 3.8) is 0 Å². The number of furan rings is 1. The Morgan fingerprint density at radius 1 is 1.37 bits per heavy atom. The number of carboxylic acid groups (broad SMARTS) is 1. The molecule has 0 spiro atoms. The van der Waals surface area contributed by atoms with E-state index in [0.717, 1.165) is 24.7 Å². The molecule has 1 unspecified atom stereocenters. The number of hydrogen-bond acceptors (Lipinski definition) is 4. The summed E-state index contributed by atoms with van der Waals surface area (Å²) in [5.74, 6) is -1.04. The summed E-state index contributed by atoms with van der Waals surface area (Å²) in [6, 6.07) is 1.64. The van der Waals surface area contributed by atoms with E-state index in [4.69, 9.17) is 9.52 Å². The molecule has 0 bridgehead atoms. The van der Waals surface area contributed by atoms with Crippen LogP contribution in [-0.4, -0.2) is 34.2 Å². The second-order valence-electron chi connectivity index (χ2n) is 4.53. The maximum atomic E-state index is 11.8. The molecule has 0 saturated heterocycles. The van der Waals surface area contributed by atoms with Crippen molar-refractivity contribution in [1.29, 1.82) is 0 Å². The SMILES string of the molecule is CCc1cc(C(=O)NCC(C)(O)C(=O)O)oc1CC. The van der Waals surface area contributed by atoms with Crippen molar-refractivity contribution in [1.82, 2.24) is 5.32 Å². The largest absolute Gasteiger partial charge is 0.479 e. The number of nitrogens with one attached hydrogen (secondary N) is 1. The molecule has 106 valence electrons. The Kier molecular flexibility index (Phi) is 4.72. The molecule has 1 heterocycles. The van der Waals surface area contributed by atoms with Crippen LogP contribution in [-0.2, 0) is 17.6 Å². The van der Waals surface area contributed by atoms with Crippen LogP contribution in [0.2, 0.25) is 0 Å². The normalized spacial score (nSPS) is 13.9. The Balaban J connectivity index is 2.74. The third kappa shape index (κ3) is 3.57. The second kappa shape index (κ2) is 5.88. The van der Waals surface area contributed by atoms with Gasteiger partial charge in [-0.2, -0.15) is 0 Å². The van der Waals surface area contributed by atoms with Crippen LogP contribution in [0.4, 0.5) is 0 Å². The average molecular weight is 269 g/mol. The van der Waals surface area contributed by atoms with Crippen molar-refractivity contribution in [2.24, 2.45) is 0 Å². The van der Waals surface area contributed by atoms with Gasteiger partial charge < -0.3 is 19.9 Å². The van der Waals surface area contributed by atoms with Crippen LogP contribution >= 0.6 is 0 Å². The van der Waals surface area contributed by atoms with E-state index >= 15 is 0 Å². The summed E-state index contributed by atoms with van der Waals surface area (Å²) in [6.07, 6.45) is 1.44. The molecule has 1 aromatic rings. The lowest BCUT2D eigenvalue weighted by Crippen LogP contribution is -2.46. The van der Waals surface area contributed by atoms with Gasteiger partial charge >= 0.3 is 5.97 Å². The molecule has 0 aliphatic rings. The summed E-state index contributed by atoms with van der Waals surface area (Å²) in [4.78, 5) is 22.5. The minimum atomic E-state index is -2.00. The van der Waals surface area contributed by atoms with Crippen molar-refractivity contribution in [2.45, 2.75) is 39.2 Å². The van der Waals surface area contributed by atoms with E-state index in [-0.39, 0.29) is 12.3 Å². The van der Waals surface area contributed by atoms with E-state index in [2.05, 4.69) is 5.32 Å². The third-order valence-electron chi connectivity index (χ3n) is 2.88. The highest BCUT2D eigenvalue weighted by atomic mass is 16.4. The van der Waals surface area contributed by atoms with E-state index in [9.17, 15) is 14.7 Å². The number of carbonyl (C=O) groups excluding carboxylic acids is 1. The average Bonchev–Trinajstić information content (AvgIpc) is 2.79. The Morgan fingerprint density at radius 2 is 2.00 bits per heavy atom. The van der Waals surface area contributed by atoms with E-state index in [1.807, 2.05) is 13.8 Å². The van der Waals surface area contributed by atoms with Crippen LogP contribution < -0.4 is 5.32 Å². The summed E-state index contributed by atoms with van der Waals surface area (Å²) in [6.45, 7) is 4.62. The van der Waals surface area contributed by atoms with Crippen LogP contribution in [0.1, 0.15) is 42.6 Å². The van der Waals surface area contributed by atoms with Crippen LogP contribution in [0.5, 0.6) is 0 Å². The van der Waals surface area contributed by atoms with Gasteiger partial charge in [0.1, 0.15) is 5.76 Å². The number of aliphatic hydroxyl groups is 1. The zero-order valence-electron chi connectivity index (χ0n) is 11.3. The molecule has 0 aliphatic carbocycles. The van der Waals surface area contributed by atoms with E-state index in [1.165, 1.54) is 0 Å². The van der Waals surface area contributed by atoms with Crippen LogP contribution in [0, 0.1) is 0 Å². The van der Waals surface area contributed by atoms with Gasteiger partial charge in [-0.15, -0.1) is 0 Å². The molecule has 0 saturated carbocycles. The molecular weight excluding hydrogens is 250 g/mol. The molecule has 0 fully saturated rings. The molecule has 1 aromatic heterocycles. The number of carboxylic acids is 1. The lowest BCUT2D eigenvalue weighted by molar-refractivity contribution is -0.155. The van der Waals surface area contributed by atoms with Gasteiger partial charge in [-0.05, 0) is 25.0 Å². The Hall–Kier alpha value is -1.82. The van der Waals surface area contributed by atoms with Crippen molar-refractivity contribution in [3.8, 4) is 0 Å². The van der Waals surface area contributed by atoms with Gasteiger partial charge in [0.15, 0.2) is 11.4 Å². The molecule has 6 nitrogen and oxygen atoms in total. The first-order chi connectivity index (χ1) is 8.81. The van der Waals surface area contributed by atoms with Crippen LogP contribution in [0.25, 0.3) is 0 Å². The Morgan fingerprint density at radius 3 is 2.42 bits per heavy atom. The highest BCUT2D eigenvalue weighted by Crippen LogP contribution is 2.17. The number of aliphatic carboxylic acids is 1. The number of carbonyl (C=O) groups is 2. The predicted octanol–water partition coefficient (Wildman–Crippen LogP) is 0.970. The highest BCUT2D eigenvalue weighted by Gasteiger charge is 2.30. The van der Waals surface area contributed by atoms with Crippen molar-refractivity contribution < 1.29 is 24.2 Å². The number of hydrogen-bond donors (Lipinski definition) is 3. The lowest BCUT2D eigenvalue weighted by Gasteiger charge is -2.17. The van der Waals surface area contributed by atoms with Gasteiger partial charge in [0.05, 0.1) is 6.54 Å².